The Kier molecular flexibility index (Phi) is 3.68. The van der Waals surface area contributed by atoms with Crippen LogP contribution in [0, 0.1) is 11.7 Å². The van der Waals surface area contributed by atoms with Gasteiger partial charge in [-0.3, -0.25) is 4.79 Å². The normalized spacial score (nSPS) is 26.5. The van der Waals surface area contributed by atoms with E-state index in [1.807, 2.05) is 29.2 Å². The molecule has 2 heterocycles. The van der Waals surface area contributed by atoms with E-state index >= 15 is 0 Å². The fourth-order valence-corrected chi connectivity index (χ4v) is 3.73. The Hall–Kier alpha value is -2.10. The summed E-state index contributed by atoms with van der Waals surface area (Å²) < 4.78 is 18.5. The molecule has 0 unspecified atom stereocenters. The molecule has 1 saturated heterocycles. The van der Waals surface area contributed by atoms with Crippen molar-refractivity contribution in [1.82, 2.24) is 4.90 Å². The topological polar surface area (TPSA) is 33.5 Å². The minimum Gasteiger partial charge on any atom is -0.469 e. The molecule has 1 saturated carbocycles. The molecule has 0 radical (unpaired) electrons. The summed E-state index contributed by atoms with van der Waals surface area (Å²) in [7, 11) is 0. The number of carbonyl (C=O) groups is 1. The number of hydrogen-bond donors (Lipinski definition) is 0. The van der Waals surface area contributed by atoms with Gasteiger partial charge in [-0.05, 0) is 55.5 Å². The highest BCUT2D eigenvalue weighted by Gasteiger charge is 2.49. The summed E-state index contributed by atoms with van der Waals surface area (Å²) in [6, 6.07) is 10.7. The van der Waals surface area contributed by atoms with E-state index in [2.05, 4.69) is 0 Å². The molecule has 0 bridgehead atoms. The molecule has 2 fully saturated rings. The second-order valence-corrected chi connectivity index (χ2v) is 6.62. The SMILES string of the molecule is O=C([C@@H]1C[C@@H]1c1ccco1)N1CCC[C@@H]1Cc1ccc(F)cc1. The van der Waals surface area contributed by atoms with Crippen molar-refractivity contribution in [1.29, 1.82) is 0 Å². The molecule has 1 aliphatic heterocycles. The zero-order valence-electron chi connectivity index (χ0n) is 13.0. The van der Waals surface area contributed by atoms with Crippen LogP contribution in [-0.4, -0.2) is 23.4 Å². The van der Waals surface area contributed by atoms with Crippen molar-refractivity contribution in [3.05, 3.63) is 59.8 Å². The number of nitrogens with zero attached hydrogens (tertiary/aromatic N) is 1. The van der Waals surface area contributed by atoms with Crippen molar-refractivity contribution in [2.75, 3.05) is 6.54 Å². The van der Waals surface area contributed by atoms with Gasteiger partial charge in [0.25, 0.3) is 0 Å². The molecule has 4 heteroatoms. The molecule has 3 atom stereocenters. The molecule has 2 aromatic rings. The summed E-state index contributed by atoms with van der Waals surface area (Å²) in [5, 5.41) is 0. The standard InChI is InChI=1S/C19H20FNO2/c20-14-7-5-13(6-8-14)11-15-3-1-9-21(15)19(22)17-12-16(17)18-4-2-10-23-18/h2,4-8,10,15-17H,1,3,9,11-12H2/t15-,16+,17-/m1/s1. The number of rotatable bonds is 4. The average Bonchev–Trinajstić information content (AvgIpc) is 2.98. The molecule has 0 spiro atoms. The van der Waals surface area contributed by atoms with Crippen molar-refractivity contribution >= 4 is 5.91 Å². The molecule has 120 valence electrons. The Labute approximate surface area is 135 Å². The Bertz CT molecular complexity index is 680. The van der Waals surface area contributed by atoms with Gasteiger partial charge >= 0.3 is 0 Å². The second kappa shape index (κ2) is 5.84. The Morgan fingerprint density at radius 2 is 2.09 bits per heavy atom. The molecule has 23 heavy (non-hydrogen) atoms. The fourth-order valence-electron chi connectivity index (χ4n) is 3.73. The van der Waals surface area contributed by atoms with Gasteiger partial charge in [0, 0.05) is 24.4 Å². The molecule has 4 rings (SSSR count). The maximum Gasteiger partial charge on any atom is 0.226 e. The van der Waals surface area contributed by atoms with Crippen LogP contribution in [0.5, 0.6) is 0 Å². The lowest BCUT2D eigenvalue weighted by Gasteiger charge is -2.25. The summed E-state index contributed by atoms with van der Waals surface area (Å²) in [6.07, 6.45) is 5.45. The third-order valence-corrected chi connectivity index (χ3v) is 5.06. The lowest BCUT2D eigenvalue weighted by Crippen LogP contribution is -2.38. The van der Waals surface area contributed by atoms with Crippen molar-refractivity contribution in [3.8, 4) is 0 Å². The van der Waals surface area contributed by atoms with Crippen LogP contribution in [-0.2, 0) is 11.2 Å². The Morgan fingerprint density at radius 1 is 1.26 bits per heavy atom. The van der Waals surface area contributed by atoms with Gasteiger partial charge in [0.15, 0.2) is 0 Å². The molecule has 1 amide bonds. The van der Waals surface area contributed by atoms with Gasteiger partial charge in [0.2, 0.25) is 5.91 Å². The molecular weight excluding hydrogens is 293 g/mol. The number of carbonyl (C=O) groups excluding carboxylic acids is 1. The first-order valence-electron chi connectivity index (χ1n) is 8.30. The second-order valence-electron chi connectivity index (χ2n) is 6.62. The van der Waals surface area contributed by atoms with Gasteiger partial charge in [-0.15, -0.1) is 0 Å². The number of amides is 1. The number of benzene rings is 1. The molecule has 1 aromatic carbocycles. The highest BCUT2D eigenvalue weighted by Crippen LogP contribution is 2.49. The third kappa shape index (κ3) is 2.90. The first kappa shape index (κ1) is 14.5. The predicted octanol–water partition coefficient (Wildman–Crippen LogP) is 3.76. The van der Waals surface area contributed by atoms with Crippen molar-refractivity contribution < 1.29 is 13.6 Å². The zero-order chi connectivity index (χ0) is 15.8. The molecular formula is C19H20FNO2. The van der Waals surface area contributed by atoms with E-state index in [1.54, 1.807) is 6.26 Å². The molecule has 0 N–H and O–H groups in total. The van der Waals surface area contributed by atoms with E-state index in [0.717, 1.165) is 43.6 Å². The van der Waals surface area contributed by atoms with E-state index in [1.165, 1.54) is 12.1 Å². The summed E-state index contributed by atoms with van der Waals surface area (Å²) in [6.45, 7) is 0.839. The van der Waals surface area contributed by atoms with E-state index < -0.39 is 0 Å². The maximum atomic E-state index is 13.0. The van der Waals surface area contributed by atoms with Crippen molar-refractivity contribution in [3.63, 3.8) is 0 Å². The summed E-state index contributed by atoms with van der Waals surface area (Å²) in [5.74, 6) is 1.31. The van der Waals surface area contributed by atoms with Crippen LogP contribution in [0.2, 0.25) is 0 Å². The van der Waals surface area contributed by atoms with Crippen LogP contribution in [0.15, 0.2) is 47.1 Å². The molecule has 2 aliphatic rings. The maximum absolute atomic E-state index is 13.0. The third-order valence-electron chi connectivity index (χ3n) is 5.06. The fraction of sp³-hybridized carbons (Fsp3) is 0.421. The largest absolute Gasteiger partial charge is 0.469 e. The Balaban J connectivity index is 1.41. The quantitative estimate of drug-likeness (QED) is 0.861. The summed E-state index contributed by atoms with van der Waals surface area (Å²) in [5.41, 5.74) is 1.09. The minimum atomic E-state index is -0.215. The van der Waals surface area contributed by atoms with E-state index in [-0.39, 0.29) is 29.6 Å². The molecule has 3 nitrogen and oxygen atoms in total. The van der Waals surface area contributed by atoms with Crippen LogP contribution in [0.25, 0.3) is 0 Å². The van der Waals surface area contributed by atoms with Gasteiger partial charge < -0.3 is 9.32 Å². The zero-order valence-corrected chi connectivity index (χ0v) is 13.0. The van der Waals surface area contributed by atoms with E-state index in [0.29, 0.717) is 0 Å². The number of furan rings is 1. The van der Waals surface area contributed by atoms with Gasteiger partial charge in [-0.2, -0.15) is 0 Å². The van der Waals surface area contributed by atoms with Crippen LogP contribution >= 0.6 is 0 Å². The lowest BCUT2D eigenvalue weighted by atomic mass is 10.0. The van der Waals surface area contributed by atoms with Crippen LogP contribution in [0.4, 0.5) is 4.39 Å². The van der Waals surface area contributed by atoms with Crippen LogP contribution in [0.3, 0.4) is 0 Å². The highest BCUT2D eigenvalue weighted by molar-refractivity contribution is 5.83. The van der Waals surface area contributed by atoms with Gasteiger partial charge in [0.1, 0.15) is 11.6 Å². The van der Waals surface area contributed by atoms with Gasteiger partial charge in [-0.1, -0.05) is 12.1 Å². The molecule has 1 aromatic heterocycles. The summed E-state index contributed by atoms with van der Waals surface area (Å²) >= 11 is 0. The van der Waals surface area contributed by atoms with Crippen molar-refractivity contribution in [2.24, 2.45) is 5.92 Å². The molecule has 1 aliphatic carbocycles. The number of halogens is 1. The van der Waals surface area contributed by atoms with Gasteiger partial charge in [0.05, 0.1) is 6.26 Å². The predicted molar refractivity (Wildman–Crippen MR) is 84.4 cm³/mol. The van der Waals surface area contributed by atoms with Crippen LogP contribution < -0.4 is 0 Å². The number of likely N-dealkylation sites (tertiary alicyclic amines) is 1. The Morgan fingerprint density at radius 3 is 2.83 bits per heavy atom. The van der Waals surface area contributed by atoms with E-state index in [9.17, 15) is 9.18 Å². The average molecular weight is 313 g/mol. The highest BCUT2D eigenvalue weighted by atomic mass is 19.1. The lowest BCUT2D eigenvalue weighted by molar-refractivity contribution is -0.133. The first-order chi connectivity index (χ1) is 11.2. The van der Waals surface area contributed by atoms with Crippen LogP contribution in [0.1, 0.15) is 36.5 Å². The number of hydrogen-bond acceptors (Lipinski definition) is 2. The van der Waals surface area contributed by atoms with Gasteiger partial charge in [-0.25, -0.2) is 4.39 Å². The summed E-state index contributed by atoms with van der Waals surface area (Å²) in [4.78, 5) is 14.8. The first-order valence-corrected chi connectivity index (χ1v) is 8.30. The van der Waals surface area contributed by atoms with E-state index in [4.69, 9.17) is 4.42 Å². The smallest absolute Gasteiger partial charge is 0.226 e. The minimum absolute atomic E-state index is 0.0787. The monoisotopic (exact) mass is 313 g/mol. The van der Waals surface area contributed by atoms with Crippen molar-refractivity contribution in [2.45, 2.75) is 37.6 Å².